The lowest BCUT2D eigenvalue weighted by Crippen LogP contribution is -2.73. The smallest absolute Gasteiger partial charge is 0.253 e. The fourth-order valence-corrected chi connectivity index (χ4v) is 8.78. The van der Waals surface area contributed by atoms with Gasteiger partial charge in [-0.25, -0.2) is 0 Å². The summed E-state index contributed by atoms with van der Waals surface area (Å²) in [6.45, 7) is 8.07. The number of nitrogens with zero attached hydrogens (tertiary/aromatic N) is 4. The lowest BCUT2D eigenvalue weighted by atomic mass is 9.56. The maximum atomic E-state index is 13.4. The Bertz CT molecular complexity index is 1560. The molecule has 42 heavy (non-hydrogen) atoms. The molecular formula is C35H41N5O2. The second-order valence-corrected chi connectivity index (χ2v) is 14.2. The number of piperidine rings is 1. The number of methoxy groups -OCH3 is 1. The second kappa shape index (κ2) is 9.59. The summed E-state index contributed by atoms with van der Waals surface area (Å²) < 4.78 is 5.89. The van der Waals surface area contributed by atoms with E-state index in [-0.39, 0.29) is 23.3 Å². The van der Waals surface area contributed by atoms with Gasteiger partial charge in [-0.15, -0.1) is 0 Å². The molecule has 0 bridgehead atoms. The van der Waals surface area contributed by atoms with Gasteiger partial charge >= 0.3 is 0 Å². The lowest BCUT2D eigenvalue weighted by Gasteiger charge is -2.60. The predicted molar refractivity (Wildman–Crippen MR) is 162 cm³/mol. The molecule has 2 saturated carbocycles. The van der Waals surface area contributed by atoms with Gasteiger partial charge in [0.1, 0.15) is 5.75 Å². The summed E-state index contributed by atoms with van der Waals surface area (Å²) in [4.78, 5) is 24.0. The van der Waals surface area contributed by atoms with E-state index < -0.39 is 0 Å². The highest BCUT2D eigenvalue weighted by Crippen LogP contribution is 2.57. The minimum Gasteiger partial charge on any atom is -0.496 e. The Morgan fingerprint density at radius 2 is 1.83 bits per heavy atom. The third kappa shape index (κ3) is 4.26. The first-order valence-corrected chi connectivity index (χ1v) is 15.8. The quantitative estimate of drug-likeness (QED) is 0.419. The molecule has 2 aromatic carbocycles. The number of nitrogens with one attached hydrogen (secondary N) is 1. The Labute approximate surface area is 248 Å². The largest absolute Gasteiger partial charge is 0.496 e. The van der Waals surface area contributed by atoms with E-state index >= 15 is 0 Å². The van der Waals surface area contributed by atoms with E-state index in [4.69, 9.17) is 4.74 Å². The zero-order valence-electron chi connectivity index (χ0n) is 24.9. The number of hydrogen-bond acceptors (Lipinski definition) is 5. The maximum Gasteiger partial charge on any atom is 0.253 e. The number of amides is 1. The van der Waals surface area contributed by atoms with E-state index in [0.29, 0.717) is 5.41 Å². The summed E-state index contributed by atoms with van der Waals surface area (Å²) in [5.74, 6) is 1.30. The predicted octanol–water partition coefficient (Wildman–Crippen LogP) is 5.66. The molecule has 7 nitrogen and oxygen atoms in total. The third-order valence-corrected chi connectivity index (χ3v) is 11.3. The molecule has 5 fully saturated rings. The van der Waals surface area contributed by atoms with Crippen molar-refractivity contribution in [3.8, 4) is 11.8 Å². The summed E-state index contributed by atoms with van der Waals surface area (Å²) in [5.41, 5.74) is 6.25. The number of carbonyl (C=O) groups is 1. The van der Waals surface area contributed by atoms with Crippen LogP contribution in [0.5, 0.6) is 5.75 Å². The number of H-pyrrole nitrogens is 1. The Morgan fingerprint density at radius 3 is 2.52 bits per heavy atom. The van der Waals surface area contributed by atoms with Gasteiger partial charge in [0.15, 0.2) is 0 Å². The van der Waals surface area contributed by atoms with Gasteiger partial charge in [0, 0.05) is 84.4 Å². The number of ether oxygens (including phenoxy) is 1. The zero-order chi connectivity index (χ0) is 28.6. The van der Waals surface area contributed by atoms with E-state index in [1.54, 1.807) is 7.11 Å². The number of likely N-dealkylation sites (tertiary alicyclic amines) is 3. The number of hydrogen-bond donors (Lipinski definition) is 1. The van der Waals surface area contributed by atoms with Crippen LogP contribution in [0.25, 0.3) is 10.9 Å². The van der Waals surface area contributed by atoms with Crippen molar-refractivity contribution in [2.45, 2.75) is 64.1 Å². The van der Waals surface area contributed by atoms with E-state index in [9.17, 15) is 10.1 Å². The summed E-state index contributed by atoms with van der Waals surface area (Å²) >= 11 is 0. The number of rotatable bonds is 6. The first kappa shape index (κ1) is 26.3. The van der Waals surface area contributed by atoms with Crippen molar-refractivity contribution >= 4 is 16.8 Å². The van der Waals surface area contributed by atoms with E-state index in [2.05, 4.69) is 64.2 Å². The average molecular weight is 564 g/mol. The monoisotopic (exact) mass is 563 g/mol. The van der Waals surface area contributed by atoms with Crippen molar-refractivity contribution in [1.82, 2.24) is 19.7 Å². The molecule has 2 spiro atoms. The number of aromatic nitrogens is 1. The average Bonchev–Trinajstić information content (AvgIpc) is 3.65. The minimum atomic E-state index is 0.170. The standard InChI is InChI=1S/C35H41N5O2/c1-23-13-31(42-2)29(28-9-11-37-32(23)28)18-38-12-10-34(14-24(15-34)17-36)16-30(38)25-3-5-26(6-4-25)33(41)40-21-35(22-40)19-39(20-35)27-7-8-27/h3-6,9,11,13,24,27,30,37H,7-8,10,12,14-16,18-22H2,1-2H3/t24?,30-,34?/m0/s1. The molecule has 3 aliphatic heterocycles. The molecular weight excluding hydrogens is 522 g/mol. The van der Waals surface area contributed by atoms with Gasteiger partial charge in [-0.3, -0.25) is 14.6 Å². The summed E-state index contributed by atoms with van der Waals surface area (Å²) in [6, 6.07) is 16.4. The SMILES string of the molecule is COc1cc(C)c2[nH]ccc2c1CN1CCC2(CC(C#N)C2)C[C@H]1c1ccc(C(=O)N2CC3(C2)CN(C2CC2)C3)cc1. The Hall–Kier alpha value is -3.34. The van der Waals surface area contributed by atoms with Crippen LogP contribution in [-0.2, 0) is 6.54 Å². The lowest BCUT2D eigenvalue weighted by molar-refractivity contribution is -0.102. The third-order valence-electron chi connectivity index (χ3n) is 11.3. The van der Waals surface area contributed by atoms with Crippen LogP contribution in [0.2, 0.25) is 0 Å². The van der Waals surface area contributed by atoms with Gasteiger partial charge in [-0.05, 0) is 92.8 Å². The van der Waals surface area contributed by atoms with Crippen molar-refractivity contribution in [2.24, 2.45) is 16.7 Å². The minimum absolute atomic E-state index is 0.170. The fraction of sp³-hybridized carbons (Fsp3) is 0.543. The molecule has 5 aliphatic rings. The van der Waals surface area contributed by atoms with Crippen LogP contribution in [0, 0.1) is 35.0 Å². The van der Waals surface area contributed by atoms with Crippen LogP contribution in [0.3, 0.4) is 0 Å². The normalized spacial score (nSPS) is 28.7. The van der Waals surface area contributed by atoms with E-state index in [1.807, 2.05) is 11.1 Å². The molecule has 1 amide bonds. The highest BCUT2D eigenvalue weighted by molar-refractivity contribution is 5.95. The van der Waals surface area contributed by atoms with Gasteiger partial charge in [0.25, 0.3) is 5.91 Å². The highest BCUT2D eigenvalue weighted by Gasteiger charge is 2.55. The molecule has 0 radical (unpaired) electrons. The van der Waals surface area contributed by atoms with Crippen LogP contribution in [0.4, 0.5) is 0 Å². The van der Waals surface area contributed by atoms with Crippen molar-refractivity contribution in [1.29, 1.82) is 5.26 Å². The molecule has 7 heteroatoms. The Kier molecular flexibility index (Phi) is 6.00. The summed E-state index contributed by atoms with van der Waals surface area (Å²) in [5, 5.41) is 10.7. The van der Waals surface area contributed by atoms with Crippen LogP contribution in [0.15, 0.2) is 42.6 Å². The summed E-state index contributed by atoms with van der Waals surface area (Å²) in [7, 11) is 1.76. The Balaban J connectivity index is 1.02. The van der Waals surface area contributed by atoms with Crippen molar-refractivity contribution in [3.05, 3.63) is 64.8 Å². The molecule has 1 N–H and O–H groups in total. The highest BCUT2D eigenvalue weighted by atomic mass is 16.5. The maximum absolute atomic E-state index is 13.4. The molecule has 0 unspecified atom stereocenters. The second-order valence-electron chi connectivity index (χ2n) is 14.2. The van der Waals surface area contributed by atoms with Gasteiger partial charge < -0.3 is 14.6 Å². The van der Waals surface area contributed by atoms with Gasteiger partial charge in [-0.1, -0.05) is 12.1 Å². The van der Waals surface area contributed by atoms with Crippen molar-refractivity contribution in [3.63, 3.8) is 0 Å². The number of nitriles is 1. The molecule has 3 aromatic rings. The molecule has 4 heterocycles. The van der Waals surface area contributed by atoms with Crippen molar-refractivity contribution < 1.29 is 9.53 Å². The molecule has 3 saturated heterocycles. The van der Waals surface area contributed by atoms with Gasteiger partial charge in [-0.2, -0.15) is 5.26 Å². The molecule has 1 aromatic heterocycles. The molecule has 1 atom stereocenters. The number of aryl methyl sites for hydroxylation is 1. The molecule has 218 valence electrons. The zero-order valence-corrected chi connectivity index (χ0v) is 24.9. The molecule has 2 aliphatic carbocycles. The van der Waals surface area contributed by atoms with Crippen molar-refractivity contribution in [2.75, 3.05) is 39.8 Å². The topological polar surface area (TPSA) is 75.6 Å². The molecule has 8 rings (SSSR count). The van der Waals surface area contributed by atoms with Crippen LogP contribution in [0.1, 0.15) is 71.6 Å². The number of benzene rings is 2. The van der Waals surface area contributed by atoms with E-state index in [1.165, 1.54) is 53.5 Å². The van der Waals surface area contributed by atoms with Crippen LogP contribution >= 0.6 is 0 Å². The van der Waals surface area contributed by atoms with Gasteiger partial charge in [0.05, 0.1) is 13.2 Å². The fourth-order valence-electron chi connectivity index (χ4n) is 8.78. The first-order chi connectivity index (χ1) is 20.4. The number of aromatic amines is 1. The van der Waals surface area contributed by atoms with Crippen LogP contribution in [-0.4, -0.2) is 71.5 Å². The van der Waals surface area contributed by atoms with Gasteiger partial charge in [0.2, 0.25) is 0 Å². The first-order valence-electron chi connectivity index (χ1n) is 15.8. The number of carbonyl (C=O) groups excluding carboxylic acids is 1. The summed E-state index contributed by atoms with van der Waals surface area (Å²) in [6.07, 6.45) is 8.93. The Morgan fingerprint density at radius 1 is 1.07 bits per heavy atom. The van der Waals surface area contributed by atoms with Crippen LogP contribution < -0.4 is 4.74 Å². The van der Waals surface area contributed by atoms with E-state index in [0.717, 1.165) is 69.2 Å². The number of fused-ring (bicyclic) bond motifs is 1.